The van der Waals surface area contributed by atoms with Crippen LogP contribution in [-0.4, -0.2) is 14.5 Å². The molecule has 0 radical (unpaired) electrons. The second-order valence-electron chi connectivity index (χ2n) is 5.51. The van der Waals surface area contributed by atoms with E-state index in [1.807, 2.05) is 19.2 Å². The molecule has 0 saturated heterocycles. The van der Waals surface area contributed by atoms with E-state index >= 15 is 0 Å². The van der Waals surface area contributed by atoms with Gasteiger partial charge in [-0.15, -0.1) is 11.6 Å². The molecule has 110 valence electrons. The summed E-state index contributed by atoms with van der Waals surface area (Å²) in [6.07, 6.45) is 5.03. The van der Waals surface area contributed by atoms with Crippen molar-refractivity contribution in [3.63, 3.8) is 0 Å². The maximum absolute atomic E-state index is 6.40. The van der Waals surface area contributed by atoms with Gasteiger partial charge >= 0.3 is 0 Å². The fourth-order valence-corrected chi connectivity index (χ4v) is 3.22. The minimum atomic E-state index is -0.118. The summed E-state index contributed by atoms with van der Waals surface area (Å²) in [5.74, 6) is 0.939. The van der Waals surface area contributed by atoms with Gasteiger partial charge in [-0.05, 0) is 44.7 Å². The molecule has 2 heterocycles. The van der Waals surface area contributed by atoms with Gasteiger partial charge in [0.25, 0.3) is 0 Å². The fraction of sp³-hybridized carbons (Fsp3) is 0.625. The number of hydrogen-bond donors (Lipinski definition) is 0. The van der Waals surface area contributed by atoms with Gasteiger partial charge in [-0.1, -0.05) is 20.8 Å². The molecule has 3 nitrogen and oxygen atoms in total. The van der Waals surface area contributed by atoms with Crippen LogP contribution in [0.3, 0.4) is 0 Å². The summed E-state index contributed by atoms with van der Waals surface area (Å²) >= 11 is 6.40. The third-order valence-electron chi connectivity index (χ3n) is 4.58. The Labute approximate surface area is 126 Å². The highest BCUT2D eigenvalue weighted by Crippen LogP contribution is 2.37. The molecule has 2 aromatic rings. The van der Waals surface area contributed by atoms with Crippen LogP contribution in [0.5, 0.6) is 0 Å². The first-order valence-electron chi connectivity index (χ1n) is 7.49. The van der Waals surface area contributed by atoms with Gasteiger partial charge in [0.1, 0.15) is 11.3 Å². The second kappa shape index (κ2) is 5.72. The minimum Gasteiger partial charge on any atom is -0.305 e. The fourth-order valence-electron chi connectivity index (χ4n) is 3.07. The minimum absolute atomic E-state index is 0.0496. The largest absolute Gasteiger partial charge is 0.305 e. The van der Waals surface area contributed by atoms with Crippen LogP contribution < -0.4 is 0 Å². The van der Waals surface area contributed by atoms with E-state index < -0.39 is 0 Å². The number of alkyl halides is 1. The van der Waals surface area contributed by atoms with Crippen molar-refractivity contribution in [1.82, 2.24) is 14.5 Å². The Morgan fingerprint density at radius 1 is 1.25 bits per heavy atom. The van der Waals surface area contributed by atoms with E-state index in [1.54, 1.807) is 0 Å². The summed E-state index contributed by atoms with van der Waals surface area (Å²) in [5.41, 5.74) is 3.16. The molecule has 0 aliphatic heterocycles. The van der Waals surface area contributed by atoms with Crippen molar-refractivity contribution in [3.8, 4) is 0 Å². The Bertz CT molecular complexity index is 589. The molecule has 0 aliphatic rings. The summed E-state index contributed by atoms with van der Waals surface area (Å²) < 4.78 is 2.30. The van der Waals surface area contributed by atoms with Gasteiger partial charge in [0, 0.05) is 11.7 Å². The number of fused-ring (bicyclic) bond motifs is 1. The van der Waals surface area contributed by atoms with Crippen LogP contribution in [0, 0.1) is 6.92 Å². The maximum Gasteiger partial charge on any atom is 0.160 e. The van der Waals surface area contributed by atoms with Crippen molar-refractivity contribution in [2.75, 3.05) is 0 Å². The van der Waals surface area contributed by atoms with Crippen LogP contribution in [0.25, 0.3) is 11.2 Å². The van der Waals surface area contributed by atoms with Gasteiger partial charge in [0.2, 0.25) is 0 Å². The molecule has 0 fully saturated rings. The molecule has 0 aromatic carbocycles. The number of rotatable bonds is 5. The Morgan fingerprint density at radius 2 is 1.85 bits per heavy atom. The van der Waals surface area contributed by atoms with Gasteiger partial charge in [0.05, 0.1) is 5.38 Å². The van der Waals surface area contributed by atoms with Crippen molar-refractivity contribution < 1.29 is 0 Å². The highest BCUT2D eigenvalue weighted by atomic mass is 35.5. The number of nitrogens with zero attached hydrogens (tertiary/aromatic N) is 3. The van der Waals surface area contributed by atoms with Gasteiger partial charge in [-0.3, -0.25) is 0 Å². The number of aromatic nitrogens is 3. The Kier molecular flexibility index (Phi) is 4.38. The molecule has 20 heavy (non-hydrogen) atoms. The van der Waals surface area contributed by atoms with E-state index in [-0.39, 0.29) is 10.9 Å². The van der Waals surface area contributed by atoms with Crippen molar-refractivity contribution in [2.45, 2.75) is 64.8 Å². The Hall–Kier alpha value is -1.09. The predicted octanol–water partition coefficient (Wildman–Crippen LogP) is 4.96. The second-order valence-corrected chi connectivity index (χ2v) is 6.16. The molecule has 0 N–H and O–H groups in total. The van der Waals surface area contributed by atoms with E-state index in [9.17, 15) is 0 Å². The van der Waals surface area contributed by atoms with Gasteiger partial charge in [-0.2, -0.15) is 0 Å². The van der Waals surface area contributed by atoms with E-state index in [1.165, 1.54) is 0 Å². The third kappa shape index (κ3) is 2.22. The smallest absolute Gasteiger partial charge is 0.160 e. The van der Waals surface area contributed by atoms with Crippen LogP contribution in [0.1, 0.15) is 63.7 Å². The summed E-state index contributed by atoms with van der Waals surface area (Å²) in [7, 11) is 0. The lowest BCUT2D eigenvalue weighted by atomic mass is 9.89. The van der Waals surface area contributed by atoms with E-state index in [0.717, 1.165) is 41.8 Å². The SMILES string of the molecule is CCC(CC)(CC)n1c(C(C)Cl)nc2c(C)ccnc21. The van der Waals surface area contributed by atoms with Crippen LogP contribution in [-0.2, 0) is 5.54 Å². The molecule has 0 spiro atoms. The number of pyridine rings is 1. The third-order valence-corrected chi connectivity index (χ3v) is 4.77. The molecule has 2 rings (SSSR count). The van der Waals surface area contributed by atoms with Crippen molar-refractivity contribution in [3.05, 3.63) is 23.7 Å². The zero-order chi connectivity index (χ0) is 14.9. The van der Waals surface area contributed by atoms with Crippen LogP contribution in [0.15, 0.2) is 12.3 Å². The quantitative estimate of drug-likeness (QED) is 0.729. The summed E-state index contributed by atoms with van der Waals surface area (Å²) in [4.78, 5) is 9.39. The monoisotopic (exact) mass is 293 g/mol. The first-order chi connectivity index (χ1) is 9.50. The van der Waals surface area contributed by atoms with Gasteiger partial charge in [-0.25, -0.2) is 9.97 Å². The van der Waals surface area contributed by atoms with Crippen LogP contribution in [0.4, 0.5) is 0 Å². The predicted molar refractivity (Wildman–Crippen MR) is 85.4 cm³/mol. The van der Waals surface area contributed by atoms with E-state index in [4.69, 9.17) is 16.6 Å². The lowest BCUT2D eigenvalue weighted by molar-refractivity contribution is 0.249. The molecular formula is C16H24ClN3. The average molecular weight is 294 g/mol. The summed E-state index contributed by atoms with van der Waals surface area (Å²) in [5, 5.41) is -0.118. The molecule has 1 atom stereocenters. The first kappa shape index (κ1) is 15.3. The molecule has 2 aromatic heterocycles. The van der Waals surface area contributed by atoms with Gasteiger partial charge < -0.3 is 4.57 Å². The molecular weight excluding hydrogens is 270 g/mol. The topological polar surface area (TPSA) is 30.7 Å². The summed E-state index contributed by atoms with van der Waals surface area (Å²) in [6.45, 7) is 10.8. The van der Waals surface area contributed by atoms with Gasteiger partial charge in [0.15, 0.2) is 5.65 Å². The lowest BCUT2D eigenvalue weighted by Gasteiger charge is -2.34. The number of imidazole rings is 1. The first-order valence-corrected chi connectivity index (χ1v) is 7.92. The zero-order valence-electron chi connectivity index (χ0n) is 13.1. The van der Waals surface area contributed by atoms with Crippen molar-refractivity contribution in [2.24, 2.45) is 0 Å². The number of hydrogen-bond acceptors (Lipinski definition) is 2. The summed E-state index contributed by atoms with van der Waals surface area (Å²) in [6, 6.07) is 2.01. The average Bonchev–Trinajstić information content (AvgIpc) is 2.84. The highest BCUT2D eigenvalue weighted by Gasteiger charge is 2.32. The lowest BCUT2D eigenvalue weighted by Crippen LogP contribution is -2.33. The van der Waals surface area contributed by atoms with E-state index in [0.29, 0.717) is 0 Å². The Morgan fingerprint density at radius 3 is 2.35 bits per heavy atom. The molecule has 1 unspecified atom stereocenters. The molecule has 0 bridgehead atoms. The molecule has 0 aliphatic carbocycles. The highest BCUT2D eigenvalue weighted by molar-refractivity contribution is 6.20. The standard InChI is InChI=1S/C16H24ClN3/c1-6-16(7-2,8-3)20-14(12(5)17)19-13-11(4)9-10-18-15(13)20/h9-10,12H,6-8H2,1-5H3. The maximum atomic E-state index is 6.40. The van der Waals surface area contributed by atoms with Crippen LogP contribution >= 0.6 is 11.6 Å². The number of aryl methyl sites for hydroxylation is 1. The molecule has 4 heteroatoms. The Balaban J connectivity index is 2.85. The van der Waals surface area contributed by atoms with Crippen molar-refractivity contribution >= 4 is 22.8 Å². The van der Waals surface area contributed by atoms with Crippen LogP contribution in [0.2, 0.25) is 0 Å². The normalized spacial score (nSPS) is 13.9. The zero-order valence-corrected chi connectivity index (χ0v) is 13.8. The molecule has 0 amide bonds. The molecule has 0 saturated carbocycles. The van der Waals surface area contributed by atoms with E-state index in [2.05, 4.69) is 37.2 Å². The van der Waals surface area contributed by atoms with Crippen molar-refractivity contribution in [1.29, 1.82) is 0 Å². The number of halogens is 1.